The van der Waals surface area contributed by atoms with E-state index in [1.807, 2.05) is 0 Å². The molecule has 7 nitrogen and oxygen atoms in total. The predicted molar refractivity (Wildman–Crippen MR) is 104 cm³/mol. The summed E-state index contributed by atoms with van der Waals surface area (Å²) in [6, 6.07) is 4.61. The van der Waals surface area contributed by atoms with E-state index in [9.17, 15) is 13.2 Å². The minimum absolute atomic E-state index is 0.167. The van der Waals surface area contributed by atoms with Gasteiger partial charge in [-0.25, -0.2) is 8.42 Å². The van der Waals surface area contributed by atoms with Gasteiger partial charge in [-0.15, -0.1) is 0 Å². The van der Waals surface area contributed by atoms with Gasteiger partial charge in [-0.3, -0.25) is 4.79 Å². The first-order valence-electron chi connectivity index (χ1n) is 9.67. The van der Waals surface area contributed by atoms with Gasteiger partial charge in [0.05, 0.1) is 17.6 Å². The standard InChI is InChI=1S/C19H29N3O4S/c1-3-20-11-13-21(14-12-20)19(23)17-15-16(7-8-18(17)26-2)27(24,25)22-9-5-4-6-10-22/h7-8,15H,3-6,9-14H2,1-2H3. The van der Waals surface area contributed by atoms with Gasteiger partial charge in [0, 0.05) is 39.3 Å². The molecule has 0 unspecified atom stereocenters. The van der Waals surface area contributed by atoms with Crippen LogP contribution in [0.2, 0.25) is 0 Å². The Labute approximate surface area is 161 Å². The number of nitrogens with zero attached hydrogens (tertiary/aromatic N) is 3. The maximum absolute atomic E-state index is 13.0. The third-order valence-electron chi connectivity index (χ3n) is 5.46. The lowest BCUT2D eigenvalue weighted by atomic mass is 10.1. The zero-order chi connectivity index (χ0) is 19.4. The second-order valence-corrected chi connectivity index (χ2v) is 8.99. The molecule has 1 amide bonds. The topological polar surface area (TPSA) is 70.2 Å². The molecule has 2 fully saturated rings. The van der Waals surface area contributed by atoms with Gasteiger partial charge in [0.25, 0.3) is 5.91 Å². The lowest BCUT2D eigenvalue weighted by Gasteiger charge is -2.34. The smallest absolute Gasteiger partial charge is 0.257 e. The number of amides is 1. The molecule has 27 heavy (non-hydrogen) atoms. The monoisotopic (exact) mass is 395 g/mol. The molecule has 8 heteroatoms. The number of rotatable bonds is 5. The molecular formula is C19H29N3O4S. The number of sulfonamides is 1. The Balaban J connectivity index is 1.86. The summed E-state index contributed by atoms with van der Waals surface area (Å²) >= 11 is 0. The molecule has 2 heterocycles. The maximum Gasteiger partial charge on any atom is 0.257 e. The molecule has 0 aliphatic carbocycles. The van der Waals surface area contributed by atoms with Crippen LogP contribution in [0.25, 0.3) is 0 Å². The predicted octanol–water partition coefficient (Wildman–Crippen LogP) is 1.65. The maximum atomic E-state index is 13.0. The lowest BCUT2D eigenvalue weighted by Crippen LogP contribution is -2.48. The van der Waals surface area contributed by atoms with Crippen LogP contribution in [-0.4, -0.2) is 81.4 Å². The first-order chi connectivity index (χ1) is 13.0. The van der Waals surface area contributed by atoms with Crippen molar-refractivity contribution in [1.29, 1.82) is 0 Å². The van der Waals surface area contributed by atoms with Crippen molar-refractivity contribution >= 4 is 15.9 Å². The third-order valence-corrected chi connectivity index (χ3v) is 7.36. The average molecular weight is 396 g/mol. The molecule has 0 aromatic heterocycles. The van der Waals surface area contributed by atoms with Crippen LogP contribution >= 0.6 is 0 Å². The molecule has 1 aromatic carbocycles. The van der Waals surface area contributed by atoms with Gasteiger partial charge in [-0.05, 0) is 37.6 Å². The summed E-state index contributed by atoms with van der Waals surface area (Å²) in [5.74, 6) is 0.244. The quantitative estimate of drug-likeness (QED) is 0.758. The molecule has 0 spiro atoms. The SMILES string of the molecule is CCN1CCN(C(=O)c2cc(S(=O)(=O)N3CCCCC3)ccc2OC)CC1. The molecule has 2 aliphatic heterocycles. The van der Waals surface area contributed by atoms with E-state index in [0.717, 1.165) is 38.9 Å². The molecule has 0 N–H and O–H groups in total. The fourth-order valence-corrected chi connectivity index (χ4v) is 5.25. The summed E-state index contributed by atoms with van der Waals surface area (Å²) in [5, 5.41) is 0. The summed E-state index contributed by atoms with van der Waals surface area (Å²) in [5.41, 5.74) is 0.320. The summed E-state index contributed by atoms with van der Waals surface area (Å²) in [4.78, 5) is 17.3. The zero-order valence-electron chi connectivity index (χ0n) is 16.2. The molecule has 150 valence electrons. The number of hydrogen-bond acceptors (Lipinski definition) is 5. The largest absolute Gasteiger partial charge is 0.496 e. The highest BCUT2D eigenvalue weighted by atomic mass is 32.2. The number of benzene rings is 1. The number of piperidine rings is 1. The minimum Gasteiger partial charge on any atom is -0.496 e. The van der Waals surface area contributed by atoms with Gasteiger partial charge in [-0.2, -0.15) is 4.31 Å². The summed E-state index contributed by atoms with van der Waals surface area (Å²) in [6.45, 7) is 7.09. The van der Waals surface area contributed by atoms with Gasteiger partial charge in [0.1, 0.15) is 5.75 Å². The van der Waals surface area contributed by atoms with E-state index in [-0.39, 0.29) is 10.8 Å². The number of piperazine rings is 1. The van der Waals surface area contributed by atoms with Crippen LogP contribution in [0.15, 0.2) is 23.1 Å². The highest BCUT2D eigenvalue weighted by molar-refractivity contribution is 7.89. The second kappa shape index (κ2) is 8.58. The number of ether oxygens (including phenoxy) is 1. The van der Waals surface area contributed by atoms with Gasteiger partial charge in [0.2, 0.25) is 10.0 Å². The van der Waals surface area contributed by atoms with Crippen LogP contribution in [-0.2, 0) is 10.0 Å². The van der Waals surface area contributed by atoms with Crippen molar-refractivity contribution in [3.05, 3.63) is 23.8 Å². The Morgan fingerprint density at radius 3 is 2.30 bits per heavy atom. The van der Waals surface area contributed by atoms with E-state index in [4.69, 9.17) is 4.74 Å². The zero-order valence-corrected chi connectivity index (χ0v) is 17.0. The Morgan fingerprint density at radius 1 is 1.04 bits per heavy atom. The molecule has 0 saturated carbocycles. The first-order valence-corrected chi connectivity index (χ1v) is 11.1. The Morgan fingerprint density at radius 2 is 1.70 bits per heavy atom. The van der Waals surface area contributed by atoms with Crippen LogP contribution in [0.3, 0.4) is 0 Å². The first kappa shape index (κ1) is 20.1. The molecular weight excluding hydrogens is 366 g/mol. The lowest BCUT2D eigenvalue weighted by molar-refractivity contribution is 0.0640. The van der Waals surface area contributed by atoms with Crippen molar-refractivity contribution in [3.63, 3.8) is 0 Å². The number of carbonyl (C=O) groups excluding carboxylic acids is 1. The van der Waals surface area contributed by atoms with E-state index in [1.165, 1.54) is 23.5 Å². The fourth-order valence-electron chi connectivity index (χ4n) is 3.71. The van der Waals surface area contributed by atoms with E-state index in [1.54, 1.807) is 11.0 Å². The highest BCUT2D eigenvalue weighted by Crippen LogP contribution is 2.27. The van der Waals surface area contributed by atoms with Crippen molar-refractivity contribution in [2.75, 3.05) is 52.9 Å². The molecule has 3 rings (SSSR count). The van der Waals surface area contributed by atoms with Crippen LogP contribution in [0, 0.1) is 0 Å². The van der Waals surface area contributed by atoms with Crippen LogP contribution in [0.1, 0.15) is 36.5 Å². The van der Waals surface area contributed by atoms with Crippen molar-refractivity contribution in [2.45, 2.75) is 31.1 Å². The van der Waals surface area contributed by atoms with Crippen molar-refractivity contribution in [2.24, 2.45) is 0 Å². The number of likely N-dealkylation sites (N-methyl/N-ethyl adjacent to an activating group) is 1. The summed E-state index contributed by atoms with van der Waals surface area (Å²) < 4.78 is 32.8. The highest BCUT2D eigenvalue weighted by Gasteiger charge is 2.29. The van der Waals surface area contributed by atoms with Crippen LogP contribution in [0.4, 0.5) is 0 Å². The normalized spacial score (nSPS) is 19.9. The second-order valence-electron chi connectivity index (χ2n) is 7.05. The van der Waals surface area contributed by atoms with E-state index in [2.05, 4.69) is 11.8 Å². The fraction of sp³-hybridized carbons (Fsp3) is 0.632. The number of methoxy groups -OCH3 is 1. The van der Waals surface area contributed by atoms with E-state index < -0.39 is 10.0 Å². The van der Waals surface area contributed by atoms with Crippen molar-refractivity contribution in [3.8, 4) is 5.75 Å². The van der Waals surface area contributed by atoms with Crippen molar-refractivity contribution in [1.82, 2.24) is 14.1 Å². The summed E-state index contributed by atoms with van der Waals surface area (Å²) in [6.07, 6.45) is 2.81. The Kier molecular flexibility index (Phi) is 6.39. The Bertz CT molecular complexity index is 767. The van der Waals surface area contributed by atoms with E-state index in [0.29, 0.717) is 37.5 Å². The molecule has 1 aromatic rings. The van der Waals surface area contributed by atoms with E-state index >= 15 is 0 Å². The van der Waals surface area contributed by atoms with Gasteiger partial charge in [0.15, 0.2) is 0 Å². The average Bonchev–Trinajstić information content (AvgIpc) is 2.73. The van der Waals surface area contributed by atoms with Gasteiger partial charge >= 0.3 is 0 Å². The number of hydrogen-bond donors (Lipinski definition) is 0. The van der Waals surface area contributed by atoms with Crippen molar-refractivity contribution < 1.29 is 17.9 Å². The molecule has 2 saturated heterocycles. The summed E-state index contributed by atoms with van der Waals surface area (Å²) in [7, 11) is -2.09. The molecule has 2 aliphatic rings. The third kappa shape index (κ3) is 4.28. The minimum atomic E-state index is -3.59. The Hall–Kier alpha value is -1.64. The van der Waals surface area contributed by atoms with Crippen LogP contribution in [0.5, 0.6) is 5.75 Å². The molecule has 0 bridgehead atoms. The van der Waals surface area contributed by atoms with Gasteiger partial charge in [-0.1, -0.05) is 13.3 Å². The molecule has 0 radical (unpaired) electrons. The number of carbonyl (C=O) groups is 1. The van der Waals surface area contributed by atoms with Crippen LogP contribution < -0.4 is 4.74 Å². The van der Waals surface area contributed by atoms with Gasteiger partial charge < -0.3 is 14.5 Å². The molecule has 0 atom stereocenters.